The first-order chi connectivity index (χ1) is 8.52. The highest BCUT2D eigenvalue weighted by molar-refractivity contribution is 5.44. The number of nitrogens with zero attached hydrogens (tertiary/aromatic N) is 2. The van der Waals surface area contributed by atoms with Crippen LogP contribution >= 0.6 is 0 Å². The van der Waals surface area contributed by atoms with E-state index in [9.17, 15) is 13.2 Å². The zero-order chi connectivity index (χ0) is 13.2. The second kappa shape index (κ2) is 4.81. The molecule has 2 rings (SSSR count). The van der Waals surface area contributed by atoms with Crippen LogP contribution in [0.4, 0.5) is 13.2 Å². The van der Waals surface area contributed by atoms with Crippen LogP contribution in [0.15, 0.2) is 36.7 Å². The Labute approximate surface area is 102 Å². The molecule has 1 aromatic heterocycles. The summed E-state index contributed by atoms with van der Waals surface area (Å²) in [7, 11) is 1.69. The van der Waals surface area contributed by atoms with Gasteiger partial charge in [0.05, 0.1) is 11.3 Å². The van der Waals surface area contributed by atoms with Crippen LogP contribution in [0.1, 0.15) is 11.1 Å². The van der Waals surface area contributed by atoms with Gasteiger partial charge < -0.3 is 5.32 Å². The number of halogens is 3. The predicted molar refractivity (Wildman–Crippen MR) is 61.3 cm³/mol. The topological polar surface area (TPSA) is 29.9 Å². The fraction of sp³-hybridized carbons (Fsp3) is 0.250. The van der Waals surface area contributed by atoms with Crippen LogP contribution in [0.25, 0.3) is 5.69 Å². The molecule has 0 amide bonds. The molecule has 3 nitrogen and oxygen atoms in total. The lowest BCUT2D eigenvalue weighted by molar-refractivity contribution is -0.137. The molecule has 0 unspecified atom stereocenters. The van der Waals surface area contributed by atoms with Crippen molar-refractivity contribution in [2.75, 3.05) is 7.05 Å². The first-order valence-electron chi connectivity index (χ1n) is 5.37. The minimum Gasteiger partial charge on any atom is -0.316 e. The van der Waals surface area contributed by atoms with Crippen LogP contribution in [-0.2, 0) is 12.7 Å². The summed E-state index contributed by atoms with van der Waals surface area (Å²) in [6.45, 7) is 0.391. The maximum atomic E-state index is 13.0. The van der Waals surface area contributed by atoms with E-state index in [1.807, 2.05) is 0 Å². The van der Waals surface area contributed by atoms with E-state index in [0.29, 0.717) is 12.1 Å². The maximum absolute atomic E-state index is 13.0. The molecule has 18 heavy (non-hydrogen) atoms. The third kappa shape index (κ3) is 2.53. The molecule has 1 heterocycles. The summed E-state index contributed by atoms with van der Waals surface area (Å²) in [6.07, 6.45) is -1.46. The average Bonchev–Trinajstić information content (AvgIpc) is 2.81. The van der Waals surface area contributed by atoms with Gasteiger partial charge in [0.2, 0.25) is 0 Å². The van der Waals surface area contributed by atoms with Crippen molar-refractivity contribution in [2.45, 2.75) is 12.7 Å². The monoisotopic (exact) mass is 255 g/mol. The van der Waals surface area contributed by atoms with E-state index in [4.69, 9.17) is 0 Å². The van der Waals surface area contributed by atoms with Crippen LogP contribution in [0.3, 0.4) is 0 Å². The minimum atomic E-state index is -4.40. The van der Waals surface area contributed by atoms with Crippen molar-refractivity contribution < 1.29 is 13.2 Å². The standard InChI is InChI=1S/C12H12F3N3/c1-16-8-9-3-4-11(18-6-2-5-17-18)10(7-9)12(13,14)15/h2-7,16H,8H2,1H3. The van der Waals surface area contributed by atoms with Crippen molar-refractivity contribution in [1.82, 2.24) is 15.1 Å². The van der Waals surface area contributed by atoms with Crippen molar-refractivity contribution in [1.29, 1.82) is 0 Å². The summed E-state index contributed by atoms with van der Waals surface area (Å²) >= 11 is 0. The van der Waals surface area contributed by atoms with E-state index in [-0.39, 0.29) is 5.69 Å². The van der Waals surface area contributed by atoms with Crippen LogP contribution < -0.4 is 5.32 Å². The molecule has 0 bridgehead atoms. The van der Waals surface area contributed by atoms with Gasteiger partial charge in [-0.25, -0.2) is 4.68 Å². The molecule has 0 aliphatic heterocycles. The van der Waals surface area contributed by atoms with Crippen molar-refractivity contribution in [3.8, 4) is 5.69 Å². The molecule has 0 fully saturated rings. The highest BCUT2D eigenvalue weighted by Crippen LogP contribution is 2.34. The van der Waals surface area contributed by atoms with Crippen LogP contribution in [0, 0.1) is 0 Å². The van der Waals surface area contributed by atoms with Gasteiger partial charge in [0, 0.05) is 18.9 Å². The SMILES string of the molecule is CNCc1ccc(-n2cccn2)c(C(F)(F)F)c1. The predicted octanol–water partition coefficient (Wildman–Crippen LogP) is 2.61. The Morgan fingerprint density at radius 2 is 2.11 bits per heavy atom. The lowest BCUT2D eigenvalue weighted by atomic mass is 10.1. The van der Waals surface area contributed by atoms with Gasteiger partial charge in [-0.05, 0) is 30.8 Å². The van der Waals surface area contributed by atoms with E-state index in [2.05, 4.69) is 10.4 Å². The Hall–Kier alpha value is -1.82. The number of rotatable bonds is 3. The average molecular weight is 255 g/mol. The number of alkyl halides is 3. The van der Waals surface area contributed by atoms with E-state index in [1.54, 1.807) is 19.2 Å². The first kappa shape index (κ1) is 12.6. The molecule has 0 saturated carbocycles. The molecule has 1 aromatic carbocycles. The fourth-order valence-corrected chi connectivity index (χ4v) is 1.74. The van der Waals surface area contributed by atoms with Gasteiger partial charge in [0.1, 0.15) is 0 Å². The highest BCUT2D eigenvalue weighted by Gasteiger charge is 2.34. The van der Waals surface area contributed by atoms with Crippen molar-refractivity contribution >= 4 is 0 Å². The van der Waals surface area contributed by atoms with E-state index < -0.39 is 11.7 Å². The first-order valence-corrected chi connectivity index (χ1v) is 5.37. The van der Waals surface area contributed by atoms with Crippen molar-refractivity contribution in [2.24, 2.45) is 0 Å². The zero-order valence-corrected chi connectivity index (χ0v) is 9.70. The largest absolute Gasteiger partial charge is 0.418 e. The Morgan fingerprint density at radius 3 is 2.67 bits per heavy atom. The van der Waals surface area contributed by atoms with Crippen LogP contribution in [0.2, 0.25) is 0 Å². The lowest BCUT2D eigenvalue weighted by Crippen LogP contribution is -2.13. The van der Waals surface area contributed by atoms with Crippen molar-refractivity contribution in [3.63, 3.8) is 0 Å². The van der Waals surface area contributed by atoms with E-state index >= 15 is 0 Å². The summed E-state index contributed by atoms with van der Waals surface area (Å²) in [5.41, 5.74) is -0.0629. The summed E-state index contributed by atoms with van der Waals surface area (Å²) in [4.78, 5) is 0. The summed E-state index contributed by atoms with van der Waals surface area (Å²) in [6, 6.07) is 5.82. The molecule has 1 N–H and O–H groups in total. The molecule has 0 saturated heterocycles. The summed E-state index contributed by atoms with van der Waals surface area (Å²) in [5, 5.41) is 6.66. The molecule has 96 valence electrons. The molecular formula is C12H12F3N3. The molecule has 2 aromatic rings. The molecule has 0 spiro atoms. The van der Waals surface area contributed by atoms with Gasteiger partial charge in [-0.1, -0.05) is 6.07 Å². The Balaban J connectivity index is 2.53. The van der Waals surface area contributed by atoms with Gasteiger partial charge in [0.25, 0.3) is 0 Å². The molecule has 0 aliphatic rings. The van der Waals surface area contributed by atoms with Crippen LogP contribution in [0.5, 0.6) is 0 Å². The van der Waals surface area contributed by atoms with Crippen molar-refractivity contribution in [3.05, 3.63) is 47.8 Å². The molecular weight excluding hydrogens is 243 g/mol. The molecule has 0 atom stereocenters. The van der Waals surface area contributed by atoms with Gasteiger partial charge in [-0.3, -0.25) is 0 Å². The summed E-state index contributed by atoms with van der Waals surface area (Å²) < 4.78 is 40.2. The second-order valence-corrected chi connectivity index (χ2v) is 3.83. The van der Waals surface area contributed by atoms with E-state index in [1.165, 1.54) is 23.1 Å². The zero-order valence-electron chi connectivity index (χ0n) is 9.70. The van der Waals surface area contributed by atoms with E-state index in [0.717, 1.165) is 6.07 Å². The second-order valence-electron chi connectivity index (χ2n) is 3.83. The normalized spacial score (nSPS) is 11.8. The lowest BCUT2D eigenvalue weighted by Gasteiger charge is -2.14. The Bertz CT molecular complexity index is 518. The molecule has 6 heteroatoms. The molecule has 0 radical (unpaired) electrons. The third-order valence-electron chi connectivity index (χ3n) is 2.50. The fourth-order valence-electron chi connectivity index (χ4n) is 1.74. The smallest absolute Gasteiger partial charge is 0.316 e. The molecule has 0 aliphatic carbocycles. The number of hydrogen-bond acceptors (Lipinski definition) is 2. The third-order valence-corrected chi connectivity index (χ3v) is 2.50. The maximum Gasteiger partial charge on any atom is 0.418 e. The quantitative estimate of drug-likeness (QED) is 0.913. The van der Waals surface area contributed by atoms with Gasteiger partial charge in [-0.15, -0.1) is 0 Å². The van der Waals surface area contributed by atoms with Gasteiger partial charge in [0.15, 0.2) is 0 Å². The summed E-state index contributed by atoms with van der Waals surface area (Å²) in [5.74, 6) is 0. The Kier molecular flexibility index (Phi) is 3.38. The van der Waals surface area contributed by atoms with Crippen LogP contribution in [-0.4, -0.2) is 16.8 Å². The number of hydrogen-bond donors (Lipinski definition) is 1. The highest BCUT2D eigenvalue weighted by atomic mass is 19.4. The Morgan fingerprint density at radius 1 is 1.33 bits per heavy atom. The van der Waals surface area contributed by atoms with Gasteiger partial charge >= 0.3 is 6.18 Å². The van der Waals surface area contributed by atoms with Gasteiger partial charge in [-0.2, -0.15) is 18.3 Å². The number of benzene rings is 1. The minimum absolute atomic E-state index is 0.0346. The number of nitrogens with one attached hydrogen (secondary N) is 1. The number of aromatic nitrogens is 2.